The molecule has 1 amide bonds. The Hall–Kier alpha value is -2.56. The molecule has 1 aromatic rings. The topological polar surface area (TPSA) is 75.6 Å². The number of cyclic esters (lactones) is 1. The van der Waals surface area contributed by atoms with Gasteiger partial charge in [0.2, 0.25) is 5.91 Å². The fourth-order valence-electron chi connectivity index (χ4n) is 3.19. The Morgan fingerprint density at radius 1 is 1.30 bits per heavy atom. The number of carbonyl (C=O) groups excluding carboxylic acids is 2. The Bertz CT molecular complexity index is 723. The third kappa shape index (κ3) is 6.27. The molecule has 0 saturated carbocycles. The van der Waals surface area contributed by atoms with Gasteiger partial charge in [-0.15, -0.1) is 0 Å². The maximum Gasteiger partial charge on any atom is 0.342 e. The monoisotopic (exact) mass is 371 g/mol. The number of aromatic hydroxyl groups is 1. The van der Waals surface area contributed by atoms with Gasteiger partial charge in [0.05, 0.1) is 0 Å². The van der Waals surface area contributed by atoms with Crippen molar-refractivity contribution < 1.29 is 19.4 Å². The van der Waals surface area contributed by atoms with Crippen LogP contribution in [0.3, 0.4) is 0 Å². The van der Waals surface area contributed by atoms with Gasteiger partial charge in [0.1, 0.15) is 17.4 Å². The molecule has 2 N–H and O–H groups in total. The molecule has 3 atom stereocenters. The van der Waals surface area contributed by atoms with Gasteiger partial charge >= 0.3 is 5.97 Å². The smallest absolute Gasteiger partial charge is 0.342 e. The number of nitrogens with one attached hydrogen (secondary N) is 1. The summed E-state index contributed by atoms with van der Waals surface area (Å²) in [5, 5.41) is 12.8. The van der Waals surface area contributed by atoms with Crippen molar-refractivity contribution in [2.75, 3.05) is 0 Å². The molecule has 0 bridgehead atoms. The van der Waals surface area contributed by atoms with E-state index in [2.05, 4.69) is 25.2 Å². The number of fused-ring (bicyclic) bond motifs is 1. The van der Waals surface area contributed by atoms with Crippen LogP contribution in [0.4, 0.5) is 0 Å². The van der Waals surface area contributed by atoms with Crippen LogP contribution in [-0.2, 0) is 16.0 Å². The van der Waals surface area contributed by atoms with E-state index in [1.165, 1.54) is 13.0 Å². The van der Waals surface area contributed by atoms with Gasteiger partial charge in [-0.2, -0.15) is 0 Å². The summed E-state index contributed by atoms with van der Waals surface area (Å²) in [6, 6.07) is 5.08. The van der Waals surface area contributed by atoms with Gasteiger partial charge in [0.25, 0.3) is 0 Å². The van der Waals surface area contributed by atoms with Gasteiger partial charge < -0.3 is 15.2 Å². The lowest BCUT2D eigenvalue weighted by molar-refractivity contribution is -0.118. The van der Waals surface area contributed by atoms with Gasteiger partial charge in [-0.05, 0) is 48.9 Å². The second-order valence-corrected chi connectivity index (χ2v) is 7.28. The molecule has 2 rings (SSSR count). The SMILES string of the molecule is CC(=O)N/C=C/C[C@H]1C[C@@H](C)[C@@H](C)C/C=C/Cc2cccc(O)c2C(=O)O1. The number of esters is 1. The summed E-state index contributed by atoms with van der Waals surface area (Å²) in [7, 11) is 0. The van der Waals surface area contributed by atoms with Crippen LogP contribution >= 0.6 is 0 Å². The van der Waals surface area contributed by atoms with Crippen molar-refractivity contribution in [3.63, 3.8) is 0 Å². The third-order valence-corrected chi connectivity index (χ3v) is 5.03. The number of rotatable bonds is 3. The van der Waals surface area contributed by atoms with Crippen LogP contribution in [-0.4, -0.2) is 23.1 Å². The minimum absolute atomic E-state index is 0.0584. The summed E-state index contributed by atoms with van der Waals surface area (Å²) in [6.07, 6.45) is 10.00. The Labute approximate surface area is 161 Å². The highest BCUT2D eigenvalue weighted by atomic mass is 16.5. The normalized spacial score (nSPS) is 25.0. The third-order valence-electron chi connectivity index (χ3n) is 5.03. The molecule has 0 aliphatic carbocycles. The fraction of sp³-hybridized carbons (Fsp3) is 0.455. The van der Waals surface area contributed by atoms with E-state index >= 15 is 0 Å². The molecule has 0 spiro atoms. The summed E-state index contributed by atoms with van der Waals surface area (Å²) in [4.78, 5) is 23.8. The molecular weight excluding hydrogens is 342 g/mol. The fourth-order valence-corrected chi connectivity index (χ4v) is 3.19. The summed E-state index contributed by atoms with van der Waals surface area (Å²) < 4.78 is 5.77. The number of amides is 1. The second-order valence-electron chi connectivity index (χ2n) is 7.28. The first-order valence-electron chi connectivity index (χ1n) is 9.47. The van der Waals surface area contributed by atoms with E-state index in [-0.39, 0.29) is 23.3 Å². The largest absolute Gasteiger partial charge is 0.507 e. The van der Waals surface area contributed by atoms with Crippen molar-refractivity contribution in [1.82, 2.24) is 5.32 Å². The van der Waals surface area contributed by atoms with Crippen LogP contribution in [0.2, 0.25) is 0 Å². The lowest BCUT2D eigenvalue weighted by atomic mass is 9.87. The summed E-state index contributed by atoms with van der Waals surface area (Å²) in [5.74, 6) is 0.121. The van der Waals surface area contributed by atoms with Crippen molar-refractivity contribution >= 4 is 11.9 Å². The number of benzene rings is 1. The quantitative estimate of drug-likeness (QED) is 0.619. The lowest BCUT2D eigenvalue weighted by Crippen LogP contribution is -2.24. The van der Waals surface area contributed by atoms with E-state index in [9.17, 15) is 14.7 Å². The van der Waals surface area contributed by atoms with Gasteiger partial charge in [0, 0.05) is 13.3 Å². The van der Waals surface area contributed by atoms with Crippen LogP contribution in [0.1, 0.15) is 56.0 Å². The first-order chi connectivity index (χ1) is 12.9. The highest BCUT2D eigenvalue weighted by Crippen LogP contribution is 2.28. The van der Waals surface area contributed by atoms with Crippen molar-refractivity contribution in [2.45, 2.75) is 52.6 Å². The molecule has 146 valence electrons. The number of allylic oxidation sites excluding steroid dienone is 2. The van der Waals surface area contributed by atoms with Crippen LogP contribution in [0.25, 0.3) is 0 Å². The Kier molecular flexibility index (Phi) is 7.65. The number of phenols is 1. The Balaban J connectivity index is 2.26. The van der Waals surface area contributed by atoms with E-state index in [0.717, 1.165) is 12.0 Å². The van der Waals surface area contributed by atoms with E-state index < -0.39 is 5.97 Å². The molecule has 0 fully saturated rings. The molecule has 0 saturated heterocycles. The molecule has 5 heteroatoms. The van der Waals surface area contributed by atoms with E-state index in [1.54, 1.807) is 18.3 Å². The Morgan fingerprint density at radius 2 is 2.07 bits per heavy atom. The van der Waals surface area contributed by atoms with Crippen molar-refractivity contribution in [3.8, 4) is 5.75 Å². The van der Waals surface area contributed by atoms with E-state index in [1.807, 2.05) is 12.1 Å². The highest BCUT2D eigenvalue weighted by Gasteiger charge is 2.24. The molecular formula is C22H29NO4. The van der Waals surface area contributed by atoms with Gasteiger partial charge in [-0.25, -0.2) is 4.79 Å². The molecule has 1 heterocycles. The molecule has 0 aromatic heterocycles. The average molecular weight is 371 g/mol. The van der Waals surface area contributed by atoms with Crippen molar-refractivity contribution in [2.24, 2.45) is 11.8 Å². The zero-order valence-electron chi connectivity index (χ0n) is 16.3. The number of carbonyl (C=O) groups is 2. The van der Waals surface area contributed by atoms with Crippen molar-refractivity contribution in [3.05, 3.63) is 53.8 Å². The average Bonchev–Trinajstić information content (AvgIpc) is 2.60. The molecule has 5 nitrogen and oxygen atoms in total. The molecule has 0 radical (unpaired) electrons. The Morgan fingerprint density at radius 3 is 2.81 bits per heavy atom. The molecule has 0 unspecified atom stereocenters. The van der Waals surface area contributed by atoms with Gasteiger partial charge in [0.15, 0.2) is 0 Å². The molecule has 1 aliphatic heterocycles. The summed E-state index contributed by atoms with van der Waals surface area (Å²) in [6.45, 7) is 5.80. The van der Waals surface area contributed by atoms with Gasteiger partial charge in [-0.1, -0.05) is 44.2 Å². The number of hydrogen-bond acceptors (Lipinski definition) is 4. The number of ether oxygens (including phenoxy) is 1. The predicted molar refractivity (Wildman–Crippen MR) is 105 cm³/mol. The zero-order chi connectivity index (χ0) is 19.8. The molecule has 27 heavy (non-hydrogen) atoms. The standard InChI is InChI=1S/C22H29NO4/c1-15-8-4-5-9-18-10-6-12-20(25)21(18)22(26)27-19(14-16(15)2)11-7-13-23-17(3)24/h4-7,10,12-13,15-16,19,25H,8-9,11,14H2,1-3H3,(H,23,24)/b5-4+,13-7+/t15-,16+,19-/m0/s1. The first-order valence-corrected chi connectivity index (χ1v) is 9.47. The van der Waals surface area contributed by atoms with Crippen LogP contribution in [0, 0.1) is 11.8 Å². The van der Waals surface area contributed by atoms with Crippen LogP contribution < -0.4 is 5.32 Å². The van der Waals surface area contributed by atoms with E-state index in [0.29, 0.717) is 31.1 Å². The minimum atomic E-state index is -0.505. The zero-order valence-corrected chi connectivity index (χ0v) is 16.3. The number of phenolic OH excluding ortho intramolecular Hbond substituents is 1. The molecule has 1 aliphatic rings. The minimum Gasteiger partial charge on any atom is -0.507 e. The predicted octanol–water partition coefficient (Wildman–Crippen LogP) is 4.12. The van der Waals surface area contributed by atoms with Crippen molar-refractivity contribution in [1.29, 1.82) is 0 Å². The van der Waals surface area contributed by atoms with Gasteiger partial charge in [-0.3, -0.25) is 4.79 Å². The van der Waals surface area contributed by atoms with Crippen LogP contribution in [0.5, 0.6) is 5.75 Å². The number of hydrogen-bond donors (Lipinski definition) is 2. The highest BCUT2D eigenvalue weighted by molar-refractivity contribution is 5.94. The van der Waals surface area contributed by atoms with E-state index in [4.69, 9.17) is 4.74 Å². The van der Waals surface area contributed by atoms with Crippen LogP contribution in [0.15, 0.2) is 42.6 Å². The second kappa shape index (κ2) is 9.95. The summed E-state index contributed by atoms with van der Waals surface area (Å²) in [5.41, 5.74) is 0.990. The molecule has 1 aromatic carbocycles. The first kappa shape index (κ1) is 20.7. The lowest BCUT2D eigenvalue weighted by Gasteiger charge is -2.25. The maximum absolute atomic E-state index is 12.8. The summed E-state index contributed by atoms with van der Waals surface area (Å²) >= 11 is 0. The maximum atomic E-state index is 12.8.